The first kappa shape index (κ1) is 23.6. The van der Waals surface area contributed by atoms with E-state index in [-0.39, 0.29) is 22.5 Å². The van der Waals surface area contributed by atoms with Gasteiger partial charge in [0.2, 0.25) is 5.91 Å². The first-order chi connectivity index (χ1) is 16.2. The maximum atomic E-state index is 13.1. The molecule has 0 saturated carbocycles. The van der Waals surface area contributed by atoms with Gasteiger partial charge in [0.1, 0.15) is 6.04 Å². The maximum absolute atomic E-state index is 13.1. The first-order valence-electron chi connectivity index (χ1n) is 11.1. The van der Waals surface area contributed by atoms with Crippen molar-refractivity contribution >= 4 is 33.2 Å². The van der Waals surface area contributed by atoms with Gasteiger partial charge in [-0.25, -0.2) is 8.42 Å². The molecule has 2 aromatic carbocycles. The fourth-order valence-electron chi connectivity index (χ4n) is 4.10. The van der Waals surface area contributed by atoms with Crippen molar-refractivity contribution in [2.75, 3.05) is 16.6 Å². The minimum Gasteiger partial charge on any atom is -0.459 e. The van der Waals surface area contributed by atoms with Gasteiger partial charge in [-0.1, -0.05) is 18.2 Å². The Kier molecular flexibility index (Phi) is 6.74. The van der Waals surface area contributed by atoms with Gasteiger partial charge in [0.05, 0.1) is 11.2 Å². The summed E-state index contributed by atoms with van der Waals surface area (Å²) in [7, 11) is -3.88. The summed E-state index contributed by atoms with van der Waals surface area (Å²) in [5.41, 5.74) is 2.28. The van der Waals surface area contributed by atoms with Crippen LogP contribution in [0.2, 0.25) is 0 Å². The molecular weight excluding hydrogens is 454 g/mol. The van der Waals surface area contributed by atoms with Crippen molar-refractivity contribution in [2.24, 2.45) is 0 Å². The van der Waals surface area contributed by atoms with E-state index in [0.29, 0.717) is 29.9 Å². The molecule has 4 rings (SSSR count). The average Bonchev–Trinajstić information content (AvgIpc) is 3.34. The number of nitrogens with zero attached hydrogens (tertiary/aromatic N) is 1. The number of hydrogen-bond donors (Lipinski definition) is 2. The Labute approximate surface area is 199 Å². The Bertz CT molecular complexity index is 1300. The summed E-state index contributed by atoms with van der Waals surface area (Å²) in [5, 5.41) is 2.80. The van der Waals surface area contributed by atoms with Crippen molar-refractivity contribution in [1.82, 2.24) is 4.90 Å². The standard InChI is InChI=1S/C25H27N3O5S/c1-17-7-5-8-20(15-17)27-34(31,32)23-16-19(12-11-18(23)2)26-24(29)21-9-3-4-13-28(21)25(30)22-10-6-14-33-22/h5-8,10-12,14-16,21,27H,3-4,9,13H2,1-2H3,(H,26,29). The van der Waals surface area contributed by atoms with E-state index in [0.717, 1.165) is 18.4 Å². The third kappa shape index (κ3) is 5.14. The molecular formula is C25H27N3O5S. The molecule has 34 heavy (non-hydrogen) atoms. The van der Waals surface area contributed by atoms with Gasteiger partial charge < -0.3 is 14.6 Å². The predicted molar refractivity (Wildman–Crippen MR) is 129 cm³/mol. The van der Waals surface area contributed by atoms with E-state index in [9.17, 15) is 18.0 Å². The lowest BCUT2D eigenvalue weighted by molar-refractivity contribution is -0.121. The largest absolute Gasteiger partial charge is 0.459 e. The molecule has 178 valence electrons. The van der Waals surface area contributed by atoms with Crippen LogP contribution in [-0.2, 0) is 14.8 Å². The van der Waals surface area contributed by atoms with Crippen LogP contribution in [0.1, 0.15) is 40.9 Å². The highest BCUT2D eigenvalue weighted by atomic mass is 32.2. The number of amides is 2. The molecule has 1 aromatic heterocycles. The fourth-order valence-corrected chi connectivity index (χ4v) is 5.42. The van der Waals surface area contributed by atoms with Crippen LogP contribution in [0, 0.1) is 13.8 Å². The predicted octanol–water partition coefficient (Wildman–Crippen LogP) is 4.33. The second-order valence-electron chi connectivity index (χ2n) is 8.43. The van der Waals surface area contributed by atoms with Crippen molar-refractivity contribution in [3.05, 3.63) is 77.7 Å². The molecule has 1 atom stereocenters. The molecule has 8 nitrogen and oxygen atoms in total. The summed E-state index contributed by atoms with van der Waals surface area (Å²) in [5.74, 6) is -0.511. The van der Waals surface area contributed by atoms with Crippen molar-refractivity contribution in [3.63, 3.8) is 0 Å². The lowest BCUT2D eigenvalue weighted by Gasteiger charge is -2.34. The molecule has 2 amide bonds. The number of benzene rings is 2. The second-order valence-corrected chi connectivity index (χ2v) is 10.1. The quantitative estimate of drug-likeness (QED) is 0.545. The highest BCUT2D eigenvalue weighted by Gasteiger charge is 2.34. The van der Waals surface area contributed by atoms with E-state index in [4.69, 9.17) is 4.42 Å². The summed E-state index contributed by atoms with van der Waals surface area (Å²) >= 11 is 0. The SMILES string of the molecule is Cc1cccc(NS(=O)(=O)c2cc(NC(=O)C3CCCCN3C(=O)c3ccco3)ccc2C)c1. The Morgan fingerprint density at radius 1 is 1.00 bits per heavy atom. The van der Waals surface area contributed by atoms with Crippen molar-refractivity contribution in [3.8, 4) is 0 Å². The minimum absolute atomic E-state index is 0.0685. The Hall–Kier alpha value is -3.59. The van der Waals surface area contributed by atoms with Gasteiger partial charge in [-0.2, -0.15) is 0 Å². The zero-order valence-corrected chi connectivity index (χ0v) is 19.9. The van der Waals surface area contributed by atoms with Gasteiger partial charge in [0.15, 0.2) is 5.76 Å². The van der Waals surface area contributed by atoms with E-state index in [1.807, 2.05) is 13.0 Å². The molecule has 3 aromatic rings. The molecule has 2 heterocycles. The third-order valence-electron chi connectivity index (χ3n) is 5.81. The minimum atomic E-state index is -3.88. The molecule has 1 fully saturated rings. The summed E-state index contributed by atoms with van der Waals surface area (Å²) < 4.78 is 33.9. The zero-order valence-electron chi connectivity index (χ0n) is 19.1. The van der Waals surface area contributed by atoms with E-state index < -0.39 is 16.1 Å². The molecule has 9 heteroatoms. The number of likely N-dealkylation sites (tertiary alicyclic amines) is 1. The number of aryl methyl sites for hydroxylation is 2. The van der Waals surface area contributed by atoms with Gasteiger partial charge in [-0.05, 0) is 80.6 Å². The van der Waals surface area contributed by atoms with Gasteiger partial charge in [-0.3, -0.25) is 14.3 Å². The summed E-state index contributed by atoms with van der Waals surface area (Å²) in [4.78, 5) is 27.5. The summed E-state index contributed by atoms with van der Waals surface area (Å²) in [6, 6.07) is 14.3. The van der Waals surface area contributed by atoms with Crippen LogP contribution in [0.15, 0.2) is 70.2 Å². The smallest absolute Gasteiger partial charge is 0.290 e. The lowest BCUT2D eigenvalue weighted by Crippen LogP contribution is -2.49. The maximum Gasteiger partial charge on any atom is 0.290 e. The number of anilines is 2. The molecule has 1 saturated heterocycles. The van der Waals surface area contributed by atoms with Crippen LogP contribution in [-0.4, -0.2) is 37.7 Å². The van der Waals surface area contributed by atoms with Crippen LogP contribution in [0.5, 0.6) is 0 Å². The monoisotopic (exact) mass is 481 g/mol. The number of carbonyl (C=O) groups excluding carboxylic acids is 2. The number of rotatable bonds is 6. The van der Waals surface area contributed by atoms with E-state index >= 15 is 0 Å². The van der Waals surface area contributed by atoms with Crippen LogP contribution < -0.4 is 10.0 Å². The number of hydrogen-bond acceptors (Lipinski definition) is 5. The van der Waals surface area contributed by atoms with Gasteiger partial charge in [-0.15, -0.1) is 0 Å². The molecule has 1 unspecified atom stereocenters. The fraction of sp³-hybridized carbons (Fsp3) is 0.280. The molecule has 0 radical (unpaired) electrons. The Morgan fingerprint density at radius 3 is 2.56 bits per heavy atom. The van der Waals surface area contributed by atoms with Gasteiger partial charge in [0, 0.05) is 17.9 Å². The van der Waals surface area contributed by atoms with Crippen LogP contribution >= 0.6 is 0 Å². The average molecular weight is 482 g/mol. The number of nitrogens with one attached hydrogen (secondary N) is 2. The molecule has 1 aliphatic rings. The van der Waals surface area contributed by atoms with Gasteiger partial charge >= 0.3 is 0 Å². The number of piperidine rings is 1. The van der Waals surface area contributed by atoms with Gasteiger partial charge in [0.25, 0.3) is 15.9 Å². The Morgan fingerprint density at radius 2 is 1.82 bits per heavy atom. The highest BCUT2D eigenvalue weighted by Crippen LogP contribution is 2.25. The van der Waals surface area contributed by atoms with E-state index in [1.165, 1.54) is 17.2 Å². The van der Waals surface area contributed by atoms with Crippen molar-refractivity contribution in [2.45, 2.75) is 44.0 Å². The Balaban J connectivity index is 1.54. The topological polar surface area (TPSA) is 109 Å². The molecule has 0 bridgehead atoms. The lowest BCUT2D eigenvalue weighted by atomic mass is 10.0. The number of furan rings is 1. The summed E-state index contributed by atoms with van der Waals surface area (Å²) in [6.45, 7) is 4.03. The van der Waals surface area contributed by atoms with Crippen molar-refractivity contribution < 1.29 is 22.4 Å². The van der Waals surface area contributed by atoms with Crippen LogP contribution in [0.4, 0.5) is 11.4 Å². The van der Waals surface area contributed by atoms with Crippen LogP contribution in [0.25, 0.3) is 0 Å². The van der Waals surface area contributed by atoms with Crippen molar-refractivity contribution in [1.29, 1.82) is 0 Å². The molecule has 0 aliphatic carbocycles. The molecule has 1 aliphatic heterocycles. The molecule has 2 N–H and O–H groups in total. The number of carbonyl (C=O) groups is 2. The normalized spacial score (nSPS) is 16.2. The van der Waals surface area contributed by atoms with E-state index in [1.54, 1.807) is 49.4 Å². The number of sulfonamides is 1. The third-order valence-corrected chi connectivity index (χ3v) is 7.34. The summed E-state index contributed by atoms with van der Waals surface area (Å²) in [6.07, 6.45) is 3.55. The zero-order chi connectivity index (χ0) is 24.3. The van der Waals surface area contributed by atoms with E-state index in [2.05, 4.69) is 10.0 Å². The van der Waals surface area contributed by atoms with Crippen LogP contribution in [0.3, 0.4) is 0 Å². The first-order valence-corrected chi connectivity index (χ1v) is 12.6. The second kappa shape index (κ2) is 9.72. The highest BCUT2D eigenvalue weighted by molar-refractivity contribution is 7.92. The molecule has 0 spiro atoms.